The lowest BCUT2D eigenvalue weighted by Gasteiger charge is -2.10. The Morgan fingerprint density at radius 1 is 1.04 bits per heavy atom. The van der Waals surface area contributed by atoms with Gasteiger partial charge in [-0.2, -0.15) is 0 Å². The van der Waals surface area contributed by atoms with Gasteiger partial charge in [0.05, 0.1) is 0 Å². The zero-order valence-corrected chi connectivity index (χ0v) is 15.1. The molecule has 0 radical (unpaired) electrons. The van der Waals surface area contributed by atoms with Gasteiger partial charge < -0.3 is 15.2 Å². The SMILES string of the molecule is CCCc1ccc2c(C(=O)Nc3cccc(OCC(=O)O)c3)cccc2c1. The third kappa shape index (κ3) is 4.64. The third-order valence-corrected chi connectivity index (χ3v) is 4.18. The highest BCUT2D eigenvalue weighted by Gasteiger charge is 2.11. The number of hydrogen-bond donors (Lipinski definition) is 2. The monoisotopic (exact) mass is 363 g/mol. The second-order valence-electron chi connectivity index (χ2n) is 6.28. The van der Waals surface area contributed by atoms with Crippen molar-refractivity contribution >= 4 is 28.3 Å². The van der Waals surface area contributed by atoms with E-state index in [1.165, 1.54) is 5.56 Å². The Kier molecular flexibility index (Phi) is 5.71. The van der Waals surface area contributed by atoms with E-state index < -0.39 is 12.6 Å². The molecule has 0 aliphatic rings. The van der Waals surface area contributed by atoms with E-state index in [2.05, 4.69) is 24.4 Å². The minimum atomic E-state index is -1.05. The molecule has 0 spiro atoms. The van der Waals surface area contributed by atoms with Crippen LogP contribution in [0.2, 0.25) is 0 Å². The first-order chi connectivity index (χ1) is 13.1. The van der Waals surface area contributed by atoms with Crippen LogP contribution in [-0.2, 0) is 11.2 Å². The first-order valence-electron chi connectivity index (χ1n) is 8.84. The molecule has 0 unspecified atom stereocenters. The number of ether oxygens (including phenoxy) is 1. The van der Waals surface area contributed by atoms with E-state index in [9.17, 15) is 9.59 Å². The molecule has 2 N–H and O–H groups in total. The van der Waals surface area contributed by atoms with E-state index in [-0.39, 0.29) is 5.91 Å². The fourth-order valence-electron chi connectivity index (χ4n) is 2.98. The van der Waals surface area contributed by atoms with Gasteiger partial charge >= 0.3 is 5.97 Å². The molecule has 0 aromatic heterocycles. The molecule has 0 fully saturated rings. The lowest BCUT2D eigenvalue weighted by atomic mass is 10.00. The van der Waals surface area contributed by atoms with Crippen molar-refractivity contribution in [2.24, 2.45) is 0 Å². The Bertz CT molecular complexity index is 981. The Labute approximate surface area is 157 Å². The van der Waals surface area contributed by atoms with E-state index in [1.54, 1.807) is 30.3 Å². The maximum Gasteiger partial charge on any atom is 0.341 e. The summed E-state index contributed by atoms with van der Waals surface area (Å²) < 4.78 is 5.15. The molecule has 3 aromatic carbocycles. The van der Waals surface area contributed by atoms with E-state index in [4.69, 9.17) is 9.84 Å². The zero-order chi connectivity index (χ0) is 19.2. The van der Waals surface area contributed by atoms with Gasteiger partial charge in [-0.25, -0.2) is 4.79 Å². The lowest BCUT2D eigenvalue weighted by Crippen LogP contribution is -2.13. The highest BCUT2D eigenvalue weighted by Crippen LogP contribution is 2.23. The van der Waals surface area contributed by atoms with Crippen molar-refractivity contribution in [1.82, 2.24) is 0 Å². The van der Waals surface area contributed by atoms with Crippen molar-refractivity contribution in [2.45, 2.75) is 19.8 Å². The van der Waals surface area contributed by atoms with Crippen molar-refractivity contribution in [3.63, 3.8) is 0 Å². The number of anilines is 1. The molecular formula is C22H21NO4. The molecule has 5 heteroatoms. The molecule has 0 saturated heterocycles. The van der Waals surface area contributed by atoms with Crippen molar-refractivity contribution in [1.29, 1.82) is 0 Å². The van der Waals surface area contributed by atoms with Crippen molar-refractivity contribution in [3.05, 3.63) is 71.8 Å². The number of amides is 1. The number of carboxylic acid groups (broad SMARTS) is 1. The largest absolute Gasteiger partial charge is 0.482 e. The number of nitrogens with one attached hydrogen (secondary N) is 1. The molecule has 0 aliphatic carbocycles. The summed E-state index contributed by atoms with van der Waals surface area (Å²) in [5.41, 5.74) is 2.39. The third-order valence-electron chi connectivity index (χ3n) is 4.18. The first-order valence-corrected chi connectivity index (χ1v) is 8.84. The average Bonchev–Trinajstić information content (AvgIpc) is 2.66. The van der Waals surface area contributed by atoms with Gasteiger partial charge in [0.25, 0.3) is 5.91 Å². The number of rotatable bonds is 7. The molecule has 5 nitrogen and oxygen atoms in total. The van der Waals surface area contributed by atoms with Crippen molar-refractivity contribution in [2.75, 3.05) is 11.9 Å². The van der Waals surface area contributed by atoms with E-state index >= 15 is 0 Å². The molecule has 27 heavy (non-hydrogen) atoms. The van der Waals surface area contributed by atoms with Gasteiger partial charge in [0.15, 0.2) is 6.61 Å². The number of carbonyl (C=O) groups excluding carboxylic acids is 1. The first kappa shape index (κ1) is 18.5. The summed E-state index contributed by atoms with van der Waals surface area (Å²) in [6.07, 6.45) is 2.08. The van der Waals surface area contributed by atoms with Gasteiger partial charge in [0.1, 0.15) is 5.75 Å². The second-order valence-corrected chi connectivity index (χ2v) is 6.28. The van der Waals surface area contributed by atoms with Crippen LogP contribution < -0.4 is 10.1 Å². The average molecular weight is 363 g/mol. The summed E-state index contributed by atoms with van der Waals surface area (Å²) in [4.78, 5) is 23.4. The predicted molar refractivity (Wildman–Crippen MR) is 105 cm³/mol. The van der Waals surface area contributed by atoms with Crippen LogP contribution in [-0.4, -0.2) is 23.6 Å². The molecule has 0 aliphatic heterocycles. The normalized spacial score (nSPS) is 10.6. The van der Waals surface area contributed by atoms with E-state index in [0.29, 0.717) is 17.0 Å². The molecule has 138 valence electrons. The van der Waals surface area contributed by atoms with Crippen LogP contribution in [0.1, 0.15) is 29.3 Å². The molecular weight excluding hydrogens is 342 g/mol. The highest BCUT2D eigenvalue weighted by molar-refractivity contribution is 6.13. The molecule has 0 bridgehead atoms. The van der Waals surface area contributed by atoms with E-state index in [0.717, 1.165) is 23.6 Å². The number of benzene rings is 3. The molecule has 1 amide bonds. The maximum atomic E-state index is 12.8. The Morgan fingerprint density at radius 3 is 2.63 bits per heavy atom. The van der Waals surface area contributed by atoms with Gasteiger partial charge in [-0.1, -0.05) is 49.7 Å². The van der Waals surface area contributed by atoms with Crippen LogP contribution in [0.4, 0.5) is 5.69 Å². The van der Waals surface area contributed by atoms with Crippen LogP contribution >= 0.6 is 0 Å². The van der Waals surface area contributed by atoms with Crippen LogP contribution in [0.3, 0.4) is 0 Å². The van der Waals surface area contributed by atoms with E-state index in [1.807, 2.05) is 18.2 Å². The predicted octanol–water partition coefficient (Wildman–Crippen LogP) is 4.51. The zero-order valence-electron chi connectivity index (χ0n) is 15.1. The van der Waals surface area contributed by atoms with Gasteiger partial charge in [-0.05, 0) is 41.0 Å². The number of fused-ring (bicyclic) bond motifs is 1. The summed E-state index contributed by atoms with van der Waals surface area (Å²) in [5, 5.41) is 13.5. The second kappa shape index (κ2) is 8.36. The van der Waals surface area contributed by atoms with Crippen LogP contribution in [0.15, 0.2) is 60.7 Å². The topological polar surface area (TPSA) is 75.6 Å². The van der Waals surface area contributed by atoms with Crippen molar-refractivity contribution in [3.8, 4) is 5.75 Å². The molecule has 0 heterocycles. The minimum Gasteiger partial charge on any atom is -0.482 e. The lowest BCUT2D eigenvalue weighted by molar-refractivity contribution is -0.139. The fourth-order valence-corrected chi connectivity index (χ4v) is 2.98. The Balaban J connectivity index is 1.82. The summed E-state index contributed by atoms with van der Waals surface area (Å²) in [6.45, 7) is 1.71. The molecule has 0 atom stereocenters. The van der Waals surface area contributed by atoms with Crippen LogP contribution in [0, 0.1) is 0 Å². The van der Waals surface area contributed by atoms with Gasteiger partial charge in [-0.3, -0.25) is 4.79 Å². The molecule has 3 aromatic rings. The highest BCUT2D eigenvalue weighted by atomic mass is 16.5. The summed E-state index contributed by atoms with van der Waals surface area (Å²) in [5.74, 6) is -0.890. The standard InChI is InChI=1S/C22H21NO4/c1-2-5-15-10-11-19-16(12-15)6-3-9-20(19)22(26)23-17-7-4-8-18(13-17)27-14-21(24)25/h3-4,6-13H,2,5,14H2,1H3,(H,23,26)(H,24,25). The fraction of sp³-hybridized carbons (Fsp3) is 0.182. The molecule has 3 rings (SSSR count). The number of aryl methyl sites for hydroxylation is 1. The number of aliphatic carboxylic acids is 1. The quantitative estimate of drug-likeness (QED) is 0.648. The number of hydrogen-bond acceptors (Lipinski definition) is 3. The Morgan fingerprint density at radius 2 is 1.85 bits per heavy atom. The Hall–Kier alpha value is -3.34. The molecule has 0 saturated carbocycles. The minimum absolute atomic E-state index is 0.223. The number of carbonyl (C=O) groups is 2. The number of carboxylic acids is 1. The maximum absolute atomic E-state index is 12.8. The van der Waals surface area contributed by atoms with Gasteiger partial charge in [0, 0.05) is 17.3 Å². The summed E-state index contributed by atoms with van der Waals surface area (Å²) >= 11 is 0. The summed E-state index contributed by atoms with van der Waals surface area (Å²) in [6, 6.07) is 18.5. The summed E-state index contributed by atoms with van der Waals surface area (Å²) in [7, 11) is 0. The van der Waals surface area contributed by atoms with Gasteiger partial charge in [0.2, 0.25) is 0 Å². The van der Waals surface area contributed by atoms with Gasteiger partial charge in [-0.15, -0.1) is 0 Å². The van der Waals surface area contributed by atoms with Crippen LogP contribution in [0.5, 0.6) is 5.75 Å². The van der Waals surface area contributed by atoms with Crippen LogP contribution in [0.25, 0.3) is 10.8 Å². The van der Waals surface area contributed by atoms with Crippen molar-refractivity contribution < 1.29 is 19.4 Å². The smallest absolute Gasteiger partial charge is 0.341 e.